The monoisotopic (exact) mass is 167 g/mol. The molecular weight excluding hydrogens is 146 g/mol. The lowest BCUT2D eigenvalue weighted by atomic mass is 9.71. The van der Waals surface area contributed by atoms with Crippen LogP contribution in [0.25, 0.3) is 0 Å². The summed E-state index contributed by atoms with van der Waals surface area (Å²) in [6, 6.07) is 1.79. The van der Waals surface area contributed by atoms with Crippen LogP contribution >= 0.6 is 0 Å². The van der Waals surface area contributed by atoms with Crippen LogP contribution in [0.3, 0.4) is 0 Å². The molecule has 0 aliphatic carbocycles. The van der Waals surface area contributed by atoms with Crippen molar-refractivity contribution in [2.45, 2.75) is 58.0 Å². The van der Waals surface area contributed by atoms with Crippen LogP contribution in [0.15, 0.2) is 0 Å². The Balaban J connectivity index is 2.12. The first-order chi connectivity index (χ1) is 5.58. The largest absolute Gasteiger partial charge is 0.300 e. The van der Waals surface area contributed by atoms with E-state index in [1.54, 1.807) is 0 Å². The van der Waals surface area contributed by atoms with Crippen molar-refractivity contribution < 1.29 is 0 Å². The molecule has 0 spiro atoms. The van der Waals surface area contributed by atoms with Gasteiger partial charge in [0.05, 0.1) is 0 Å². The van der Waals surface area contributed by atoms with Gasteiger partial charge >= 0.3 is 0 Å². The lowest BCUT2D eigenvalue weighted by molar-refractivity contribution is 0.00341. The van der Waals surface area contributed by atoms with E-state index in [4.69, 9.17) is 0 Å². The van der Waals surface area contributed by atoms with E-state index in [0.29, 0.717) is 5.41 Å². The molecule has 2 fully saturated rings. The second-order valence-electron chi connectivity index (χ2n) is 5.48. The minimum absolute atomic E-state index is 0.613. The van der Waals surface area contributed by atoms with Gasteiger partial charge in [-0.25, -0.2) is 0 Å². The molecule has 2 rings (SSSR count). The van der Waals surface area contributed by atoms with Crippen molar-refractivity contribution in [2.75, 3.05) is 7.05 Å². The predicted octanol–water partition coefficient (Wildman–Crippen LogP) is 2.66. The molecule has 2 aliphatic heterocycles. The summed E-state index contributed by atoms with van der Waals surface area (Å²) in [7, 11) is 2.32. The summed E-state index contributed by atoms with van der Waals surface area (Å²) in [5.74, 6) is 0. The number of hydrogen-bond acceptors (Lipinski definition) is 1. The zero-order valence-corrected chi connectivity index (χ0v) is 8.64. The van der Waals surface area contributed by atoms with Crippen molar-refractivity contribution in [3.63, 3.8) is 0 Å². The Kier molecular flexibility index (Phi) is 1.95. The first-order valence-corrected chi connectivity index (χ1v) is 5.30. The fourth-order valence-corrected chi connectivity index (χ4v) is 3.15. The van der Waals surface area contributed by atoms with E-state index in [2.05, 4.69) is 25.8 Å². The summed E-state index contributed by atoms with van der Waals surface area (Å²) in [6.07, 6.45) is 7.18. The first kappa shape index (κ1) is 8.55. The summed E-state index contributed by atoms with van der Waals surface area (Å²) < 4.78 is 0. The van der Waals surface area contributed by atoms with E-state index in [-0.39, 0.29) is 0 Å². The first-order valence-electron chi connectivity index (χ1n) is 5.30. The minimum Gasteiger partial charge on any atom is -0.300 e. The fraction of sp³-hybridized carbons (Fsp3) is 1.00. The molecule has 70 valence electrons. The number of hydrogen-bond donors (Lipinski definition) is 0. The molecule has 0 aromatic rings. The van der Waals surface area contributed by atoms with E-state index in [1.165, 1.54) is 32.1 Å². The molecule has 1 heteroatoms. The van der Waals surface area contributed by atoms with E-state index in [1.807, 2.05) is 0 Å². The van der Waals surface area contributed by atoms with Crippen molar-refractivity contribution >= 4 is 0 Å². The standard InChI is InChI=1S/C11H21N/c1-11(2)7-9-5-4-6-10(8-11)12(9)3/h9-10H,4-8H2,1-3H3. The van der Waals surface area contributed by atoms with Gasteiger partial charge in [0.15, 0.2) is 0 Å². The molecule has 1 nitrogen and oxygen atoms in total. The molecule has 0 amide bonds. The van der Waals surface area contributed by atoms with E-state index >= 15 is 0 Å². The summed E-state index contributed by atoms with van der Waals surface area (Å²) >= 11 is 0. The molecule has 0 saturated carbocycles. The molecule has 2 bridgehead atoms. The number of rotatable bonds is 0. The summed E-state index contributed by atoms with van der Waals surface area (Å²) in [5, 5.41) is 0. The lowest BCUT2D eigenvalue weighted by Gasteiger charge is -2.50. The smallest absolute Gasteiger partial charge is 0.0100 e. The van der Waals surface area contributed by atoms with Crippen molar-refractivity contribution in [2.24, 2.45) is 5.41 Å². The lowest BCUT2D eigenvalue weighted by Crippen LogP contribution is -2.52. The average Bonchev–Trinajstić information content (AvgIpc) is 1.92. The Morgan fingerprint density at radius 1 is 1.08 bits per heavy atom. The Morgan fingerprint density at radius 3 is 2.08 bits per heavy atom. The zero-order chi connectivity index (χ0) is 8.77. The highest BCUT2D eigenvalue weighted by Gasteiger charge is 2.39. The minimum atomic E-state index is 0.613. The van der Waals surface area contributed by atoms with Crippen molar-refractivity contribution in [1.82, 2.24) is 4.90 Å². The zero-order valence-electron chi connectivity index (χ0n) is 8.64. The fourth-order valence-electron chi connectivity index (χ4n) is 3.15. The van der Waals surface area contributed by atoms with Gasteiger partial charge in [-0.15, -0.1) is 0 Å². The maximum Gasteiger partial charge on any atom is 0.0100 e. The van der Waals surface area contributed by atoms with Crippen molar-refractivity contribution in [3.05, 3.63) is 0 Å². The van der Waals surface area contributed by atoms with Gasteiger partial charge in [-0.1, -0.05) is 20.3 Å². The molecule has 2 saturated heterocycles. The molecule has 0 aromatic carbocycles. The summed E-state index contributed by atoms with van der Waals surface area (Å²) in [6.45, 7) is 4.87. The number of nitrogens with zero attached hydrogens (tertiary/aromatic N) is 1. The Labute approximate surface area is 76.1 Å². The topological polar surface area (TPSA) is 3.24 Å². The average molecular weight is 167 g/mol. The summed E-state index contributed by atoms with van der Waals surface area (Å²) in [5.41, 5.74) is 0.613. The van der Waals surface area contributed by atoms with E-state index < -0.39 is 0 Å². The summed E-state index contributed by atoms with van der Waals surface area (Å²) in [4.78, 5) is 2.63. The van der Waals surface area contributed by atoms with Gasteiger partial charge in [-0.05, 0) is 38.1 Å². The Morgan fingerprint density at radius 2 is 1.58 bits per heavy atom. The molecule has 0 N–H and O–H groups in total. The van der Waals surface area contributed by atoms with Crippen LogP contribution in [0.4, 0.5) is 0 Å². The van der Waals surface area contributed by atoms with Crippen molar-refractivity contribution in [3.8, 4) is 0 Å². The normalized spacial score (nSPS) is 41.2. The van der Waals surface area contributed by atoms with Gasteiger partial charge in [0, 0.05) is 12.1 Å². The highest BCUT2D eigenvalue weighted by molar-refractivity contribution is 4.94. The highest BCUT2D eigenvalue weighted by Crippen LogP contribution is 2.42. The van der Waals surface area contributed by atoms with Gasteiger partial charge in [0.25, 0.3) is 0 Å². The molecule has 0 radical (unpaired) electrons. The third kappa shape index (κ3) is 1.39. The van der Waals surface area contributed by atoms with Crippen LogP contribution in [0.2, 0.25) is 0 Å². The highest BCUT2D eigenvalue weighted by atomic mass is 15.2. The third-order valence-electron chi connectivity index (χ3n) is 3.80. The third-order valence-corrected chi connectivity index (χ3v) is 3.80. The van der Waals surface area contributed by atoms with Gasteiger partial charge in [0.1, 0.15) is 0 Å². The number of piperidine rings is 2. The maximum atomic E-state index is 2.63. The van der Waals surface area contributed by atoms with Crippen LogP contribution in [0.5, 0.6) is 0 Å². The Hall–Kier alpha value is -0.0400. The second-order valence-corrected chi connectivity index (χ2v) is 5.48. The van der Waals surface area contributed by atoms with E-state index in [0.717, 1.165) is 12.1 Å². The molecule has 2 heterocycles. The van der Waals surface area contributed by atoms with Crippen LogP contribution in [-0.2, 0) is 0 Å². The van der Waals surface area contributed by atoms with Crippen LogP contribution in [-0.4, -0.2) is 24.0 Å². The SMILES string of the molecule is CN1C2CCCC1CC(C)(C)C2. The van der Waals surface area contributed by atoms with Gasteiger partial charge in [0.2, 0.25) is 0 Å². The molecule has 2 atom stereocenters. The van der Waals surface area contributed by atoms with Gasteiger partial charge in [-0.2, -0.15) is 0 Å². The van der Waals surface area contributed by atoms with Crippen LogP contribution in [0.1, 0.15) is 46.0 Å². The van der Waals surface area contributed by atoms with Gasteiger partial charge in [-0.3, -0.25) is 0 Å². The molecule has 2 aliphatic rings. The van der Waals surface area contributed by atoms with Crippen LogP contribution < -0.4 is 0 Å². The Bertz CT molecular complexity index is 158. The molecule has 2 unspecified atom stereocenters. The molecule has 12 heavy (non-hydrogen) atoms. The number of fused-ring (bicyclic) bond motifs is 2. The van der Waals surface area contributed by atoms with Crippen LogP contribution in [0, 0.1) is 5.41 Å². The predicted molar refractivity (Wildman–Crippen MR) is 52.2 cm³/mol. The van der Waals surface area contributed by atoms with E-state index in [9.17, 15) is 0 Å². The molecule has 0 aromatic heterocycles. The quantitative estimate of drug-likeness (QED) is 0.536. The van der Waals surface area contributed by atoms with Gasteiger partial charge < -0.3 is 4.90 Å². The molecular formula is C11H21N. The van der Waals surface area contributed by atoms with Crippen molar-refractivity contribution in [1.29, 1.82) is 0 Å². The second kappa shape index (κ2) is 2.73. The maximum absolute atomic E-state index is 2.63.